The van der Waals surface area contributed by atoms with Crippen molar-refractivity contribution in [3.8, 4) is 0 Å². The average molecular weight is 199 g/mol. The molecule has 0 N–H and O–H groups in total. The number of methoxy groups -OCH3 is 1. The van der Waals surface area contributed by atoms with Gasteiger partial charge in [-0.05, 0) is 18.9 Å². The van der Waals surface area contributed by atoms with E-state index in [1.807, 2.05) is 0 Å². The van der Waals surface area contributed by atoms with Crippen molar-refractivity contribution in [2.75, 3.05) is 40.0 Å². The maximum Gasteiger partial charge on any atom is 0.106 e. The van der Waals surface area contributed by atoms with E-state index in [4.69, 9.17) is 9.47 Å². The Morgan fingerprint density at radius 1 is 1.57 bits per heavy atom. The molecular weight excluding hydrogens is 178 g/mol. The molecule has 0 spiro atoms. The Morgan fingerprint density at radius 3 is 3.14 bits per heavy atom. The summed E-state index contributed by atoms with van der Waals surface area (Å²) in [5, 5.41) is 0. The fourth-order valence-corrected chi connectivity index (χ4v) is 1.63. The zero-order chi connectivity index (χ0) is 10.2. The highest BCUT2D eigenvalue weighted by atomic mass is 16.5. The van der Waals surface area contributed by atoms with Gasteiger partial charge in [0.2, 0.25) is 0 Å². The Morgan fingerprint density at radius 2 is 2.43 bits per heavy atom. The number of allylic oxidation sites excluding steroid dienone is 1. The third-order valence-corrected chi connectivity index (χ3v) is 2.33. The van der Waals surface area contributed by atoms with Gasteiger partial charge >= 0.3 is 0 Å². The smallest absolute Gasteiger partial charge is 0.106 e. The lowest BCUT2D eigenvalue weighted by Gasteiger charge is -2.28. The van der Waals surface area contributed by atoms with Crippen LogP contribution in [0.4, 0.5) is 0 Å². The van der Waals surface area contributed by atoms with Gasteiger partial charge in [0.1, 0.15) is 12.4 Å². The van der Waals surface area contributed by atoms with Crippen molar-refractivity contribution < 1.29 is 9.47 Å². The molecule has 0 aromatic heterocycles. The van der Waals surface area contributed by atoms with Crippen LogP contribution in [0.3, 0.4) is 0 Å². The first-order chi connectivity index (χ1) is 6.86. The maximum absolute atomic E-state index is 5.54. The van der Waals surface area contributed by atoms with Crippen LogP contribution in [0.15, 0.2) is 11.8 Å². The first kappa shape index (κ1) is 11.5. The molecule has 0 amide bonds. The van der Waals surface area contributed by atoms with Crippen molar-refractivity contribution in [2.24, 2.45) is 0 Å². The van der Waals surface area contributed by atoms with Crippen LogP contribution in [-0.4, -0.2) is 44.9 Å². The summed E-state index contributed by atoms with van der Waals surface area (Å²) in [4.78, 5) is 2.42. The fraction of sp³-hybridized carbons (Fsp3) is 0.818. The lowest BCUT2D eigenvalue weighted by molar-refractivity contribution is 0.0852. The summed E-state index contributed by atoms with van der Waals surface area (Å²) in [7, 11) is 1.75. The molecule has 1 fully saturated rings. The molecule has 3 heteroatoms. The number of hydrogen-bond acceptors (Lipinski definition) is 3. The van der Waals surface area contributed by atoms with E-state index < -0.39 is 0 Å². The van der Waals surface area contributed by atoms with E-state index in [1.54, 1.807) is 7.11 Å². The van der Waals surface area contributed by atoms with Crippen LogP contribution >= 0.6 is 0 Å². The van der Waals surface area contributed by atoms with Crippen molar-refractivity contribution in [2.45, 2.75) is 19.8 Å². The van der Waals surface area contributed by atoms with Gasteiger partial charge in [-0.25, -0.2) is 0 Å². The normalized spacial score (nSPS) is 21.1. The Labute approximate surface area is 86.7 Å². The molecule has 0 aliphatic carbocycles. The topological polar surface area (TPSA) is 21.7 Å². The van der Waals surface area contributed by atoms with Crippen LogP contribution in [-0.2, 0) is 9.47 Å². The minimum atomic E-state index is 0.832. The van der Waals surface area contributed by atoms with Gasteiger partial charge < -0.3 is 9.47 Å². The van der Waals surface area contributed by atoms with Crippen molar-refractivity contribution in [3.63, 3.8) is 0 Å². The minimum Gasteiger partial charge on any atom is -0.496 e. The predicted molar refractivity (Wildman–Crippen MR) is 57.3 cm³/mol. The van der Waals surface area contributed by atoms with Crippen molar-refractivity contribution in [1.29, 1.82) is 0 Å². The first-order valence-electron chi connectivity index (χ1n) is 5.40. The van der Waals surface area contributed by atoms with E-state index in [2.05, 4.69) is 17.9 Å². The molecule has 82 valence electrons. The van der Waals surface area contributed by atoms with Crippen LogP contribution in [0, 0.1) is 0 Å². The van der Waals surface area contributed by atoms with Gasteiger partial charge in [-0.2, -0.15) is 0 Å². The molecule has 0 saturated carbocycles. The van der Waals surface area contributed by atoms with Gasteiger partial charge in [0.25, 0.3) is 0 Å². The second-order valence-electron chi connectivity index (χ2n) is 3.55. The quantitative estimate of drug-likeness (QED) is 0.628. The second-order valence-corrected chi connectivity index (χ2v) is 3.55. The summed E-state index contributed by atoms with van der Waals surface area (Å²) >= 11 is 0. The van der Waals surface area contributed by atoms with Crippen LogP contribution in [0.1, 0.15) is 19.8 Å². The molecule has 3 nitrogen and oxygen atoms in total. The third kappa shape index (κ3) is 4.11. The molecule has 0 unspecified atom stereocenters. The zero-order valence-electron chi connectivity index (χ0n) is 9.29. The van der Waals surface area contributed by atoms with Gasteiger partial charge in [-0.3, -0.25) is 4.90 Å². The largest absolute Gasteiger partial charge is 0.496 e. The Hall–Kier alpha value is -0.540. The summed E-state index contributed by atoms with van der Waals surface area (Å²) in [5.74, 6) is 1.14. The molecule has 0 bridgehead atoms. The van der Waals surface area contributed by atoms with E-state index in [0.717, 1.165) is 51.4 Å². The van der Waals surface area contributed by atoms with Crippen LogP contribution in [0.2, 0.25) is 0 Å². The molecule has 1 saturated heterocycles. The zero-order valence-corrected chi connectivity index (χ0v) is 9.29. The Kier molecular flexibility index (Phi) is 5.64. The van der Waals surface area contributed by atoms with Crippen molar-refractivity contribution in [3.05, 3.63) is 11.8 Å². The molecule has 0 atom stereocenters. The standard InChI is InChI=1S/C11H21NO2/c1-3-5-11-10-12(7-9-14-11)6-4-8-13-2/h5H,3-4,6-10H2,1-2H3/b11-5+. The summed E-state index contributed by atoms with van der Waals surface area (Å²) in [6.45, 7) is 6.95. The highest BCUT2D eigenvalue weighted by Crippen LogP contribution is 2.09. The lowest BCUT2D eigenvalue weighted by Crippen LogP contribution is -2.36. The van der Waals surface area contributed by atoms with Gasteiger partial charge in [-0.1, -0.05) is 6.92 Å². The summed E-state index contributed by atoms with van der Waals surface area (Å²) in [6, 6.07) is 0. The Bertz CT molecular complexity index is 180. The predicted octanol–water partition coefficient (Wildman–Crippen LogP) is 1.65. The average Bonchev–Trinajstić information content (AvgIpc) is 2.19. The molecule has 1 rings (SSSR count). The van der Waals surface area contributed by atoms with Crippen LogP contribution < -0.4 is 0 Å². The SMILES string of the molecule is CC/C=C1\CN(CCCOC)CCO1. The van der Waals surface area contributed by atoms with E-state index in [9.17, 15) is 0 Å². The van der Waals surface area contributed by atoms with Crippen LogP contribution in [0.25, 0.3) is 0 Å². The van der Waals surface area contributed by atoms with Gasteiger partial charge in [-0.15, -0.1) is 0 Å². The van der Waals surface area contributed by atoms with E-state index in [-0.39, 0.29) is 0 Å². The summed E-state index contributed by atoms with van der Waals surface area (Å²) in [5.41, 5.74) is 0. The lowest BCUT2D eigenvalue weighted by atomic mass is 10.3. The number of hydrogen-bond donors (Lipinski definition) is 0. The van der Waals surface area contributed by atoms with E-state index >= 15 is 0 Å². The molecule has 1 heterocycles. The highest BCUT2D eigenvalue weighted by molar-refractivity contribution is 4.97. The highest BCUT2D eigenvalue weighted by Gasteiger charge is 2.13. The molecule has 0 aromatic rings. The first-order valence-corrected chi connectivity index (χ1v) is 5.40. The minimum absolute atomic E-state index is 0.832. The third-order valence-electron chi connectivity index (χ3n) is 2.33. The van der Waals surface area contributed by atoms with Gasteiger partial charge in [0.15, 0.2) is 0 Å². The summed E-state index contributed by atoms with van der Waals surface area (Å²) in [6.07, 6.45) is 4.33. The van der Waals surface area contributed by atoms with Crippen LogP contribution in [0.5, 0.6) is 0 Å². The molecule has 0 radical (unpaired) electrons. The molecule has 1 aliphatic heterocycles. The molecule has 0 aromatic carbocycles. The fourth-order valence-electron chi connectivity index (χ4n) is 1.63. The maximum atomic E-state index is 5.54. The number of rotatable bonds is 5. The Balaban J connectivity index is 2.22. The molecular formula is C11H21NO2. The second kappa shape index (κ2) is 6.85. The van der Waals surface area contributed by atoms with Crippen molar-refractivity contribution in [1.82, 2.24) is 4.90 Å². The van der Waals surface area contributed by atoms with Gasteiger partial charge in [0.05, 0.1) is 6.54 Å². The number of ether oxygens (including phenoxy) is 2. The summed E-state index contributed by atoms with van der Waals surface area (Å²) < 4.78 is 10.6. The molecule has 14 heavy (non-hydrogen) atoms. The van der Waals surface area contributed by atoms with E-state index in [0.29, 0.717) is 0 Å². The molecule has 1 aliphatic rings. The van der Waals surface area contributed by atoms with Gasteiger partial charge in [0, 0.05) is 26.8 Å². The number of morpholine rings is 1. The van der Waals surface area contributed by atoms with Crippen molar-refractivity contribution >= 4 is 0 Å². The monoisotopic (exact) mass is 199 g/mol. The van der Waals surface area contributed by atoms with E-state index in [1.165, 1.54) is 0 Å². The number of nitrogens with zero attached hydrogens (tertiary/aromatic N) is 1.